The van der Waals surface area contributed by atoms with E-state index in [-0.39, 0.29) is 24.7 Å². The summed E-state index contributed by atoms with van der Waals surface area (Å²) in [5, 5.41) is 0. The molecule has 0 heterocycles. The number of hydrogen-bond donors (Lipinski definition) is 0. The molecule has 0 aliphatic rings. The summed E-state index contributed by atoms with van der Waals surface area (Å²) in [7, 11) is -7.30. The van der Waals surface area contributed by atoms with Gasteiger partial charge in [0.1, 0.15) is 13.2 Å². The lowest BCUT2D eigenvalue weighted by Gasteiger charge is -1.98. The molecule has 102 valence electrons. The van der Waals surface area contributed by atoms with E-state index < -0.39 is 20.2 Å². The Balaban J connectivity index is 4.02. The molecule has 18 heavy (non-hydrogen) atoms. The van der Waals surface area contributed by atoms with Crippen molar-refractivity contribution in [3.63, 3.8) is 0 Å². The Kier molecular flexibility index (Phi) is 7.54. The van der Waals surface area contributed by atoms with Crippen molar-refractivity contribution in [3.8, 4) is 11.8 Å². The second-order valence-corrected chi connectivity index (χ2v) is 6.27. The molecule has 0 amide bonds. The molecule has 8 heteroatoms. The highest BCUT2D eigenvalue weighted by molar-refractivity contribution is 7.87. The van der Waals surface area contributed by atoms with Gasteiger partial charge in [-0.15, -0.1) is 13.2 Å². The van der Waals surface area contributed by atoms with Gasteiger partial charge in [-0.25, -0.2) is 0 Å². The molecule has 6 nitrogen and oxygen atoms in total. The van der Waals surface area contributed by atoms with Crippen LogP contribution < -0.4 is 0 Å². The molecule has 0 saturated carbocycles. The Morgan fingerprint density at radius 2 is 1.17 bits per heavy atom. The molecule has 0 fully saturated rings. The lowest BCUT2D eigenvalue weighted by molar-refractivity contribution is 0.358. The van der Waals surface area contributed by atoms with Crippen molar-refractivity contribution in [2.75, 3.05) is 24.7 Å². The van der Waals surface area contributed by atoms with Crippen molar-refractivity contribution < 1.29 is 25.2 Å². The van der Waals surface area contributed by atoms with Crippen LogP contribution in [0.3, 0.4) is 0 Å². The predicted molar refractivity (Wildman–Crippen MR) is 67.6 cm³/mol. The standard InChI is InChI=1S/C10H14O6S2/c1-3-9-17(11,12)15-7-5-6-8-16-18(13,14)10-4-2/h3-4H,1-2,7-10H2. The van der Waals surface area contributed by atoms with Gasteiger partial charge >= 0.3 is 0 Å². The van der Waals surface area contributed by atoms with Crippen LogP contribution >= 0.6 is 0 Å². The Labute approximate surface area is 108 Å². The van der Waals surface area contributed by atoms with Crippen LogP contribution in [0.1, 0.15) is 0 Å². The first-order valence-corrected chi connectivity index (χ1v) is 7.90. The van der Waals surface area contributed by atoms with Crippen LogP contribution in [0.15, 0.2) is 25.3 Å². The van der Waals surface area contributed by atoms with Crippen molar-refractivity contribution >= 4 is 20.2 Å². The molecule has 0 aromatic rings. The monoisotopic (exact) mass is 294 g/mol. The van der Waals surface area contributed by atoms with E-state index >= 15 is 0 Å². The molecule has 0 N–H and O–H groups in total. The van der Waals surface area contributed by atoms with Gasteiger partial charge < -0.3 is 0 Å². The van der Waals surface area contributed by atoms with E-state index in [4.69, 9.17) is 0 Å². The summed E-state index contributed by atoms with van der Waals surface area (Å²) >= 11 is 0. The predicted octanol–water partition coefficient (Wildman–Crippen LogP) is 0.0546. The van der Waals surface area contributed by atoms with Crippen LogP contribution in [0.5, 0.6) is 0 Å². The van der Waals surface area contributed by atoms with Crippen LogP contribution in [-0.4, -0.2) is 41.6 Å². The Morgan fingerprint density at radius 3 is 1.44 bits per heavy atom. The fourth-order valence-corrected chi connectivity index (χ4v) is 1.97. The third-order valence-corrected chi connectivity index (χ3v) is 3.63. The smallest absolute Gasteiger partial charge is 0.257 e. The molecule has 0 atom stereocenters. The van der Waals surface area contributed by atoms with Crippen LogP contribution in [0.2, 0.25) is 0 Å². The lowest BCUT2D eigenvalue weighted by atomic mass is 10.6. The van der Waals surface area contributed by atoms with E-state index in [9.17, 15) is 16.8 Å². The Bertz CT molecular complexity index is 485. The van der Waals surface area contributed by atoms with Gasteiger partial charge in [-0.3, -0.25) is 8.37 Å². The Morgan fingerprint density at radius 1 is 0.833 bits per heavy atom. The van der Waals surface area contributed by atoms with E-state index in [1.165, 1.54) is 12.2 Å². The van der Waals surface area contributed by atoms with E-state index in [2.05, 4.69) is 33.4 Å². The molecule has 0 spiro atoms. The number of rotatable bonds is 8. The largest absolute Gasteiger partial charge is 0.271 e. The summed E-state index contributed by atoms with van der Waals surface area (Å²) in [6.45, 7) is 5.80. The Hall–Kier alpha value is -1.14. The first kappa shape index (κ1) is 16.9. The molecule has 0 aliphatic heterocycles. The average Bonchev–Trinajstić information content (AvgIpc) is 2.22. The molecule has 0 bridgehead atoms. The second kappa shape index (κ2) is 8.05. The summed E-state index contributed by atoms with van der Waals surface area (Å²) in [5.74, 6) is 4.01. The highest BCUT2D eigenvalue weighted by atomic mass is 32.2. The summed E-state index contributed by atoms with van der Waals surface area (Å²) in [6, 6.07) is 0. The lowest BCUT2D eigenvalue weighted by Crippen LogP contribution is -2.10. The van der Waals surface area contributed by atoms with Gasteiger partial charge in [0.15, 0.2) is 0 Å². The zero-order valence-corrected chi connectivity index (χ0v) is 11.3. The van der Waals surface area contributed by atoms with Crippen molar-refractivity contribution in [3.05, 3.63) is 25.3 Å². The second-order valence-electron chi connectivity index (χ2n) is 2.90. The average molecular weight is 294 g/mol. The summed E-state index contributed by atoms with van der Waals surface area (Å²) in [4.78, 5) is 0. The fraction of sp³-hybridized carbons (Fsp3) is 0.400. The van der Waals surface area contributed by atoms with Crippen molar-refractivity contribution in [2.24, 2.45) is 0 Å². The van der Waals surface area contributed by atoms with Crippen molar-refractivity contribution in [1.82, 2.24) is 0 Å². The highest BCUT2D eigenvalue weighted by Crippen LogP contribution is 1.93. The minimum Gasteiger partial charge on any atom is -0.257 e. The normalized spacial score (nSPS) is 11.3. The quantitative estimate of drug-likeness (QED) is 0.357. The van der Waals surface area contributed by atoms with Gasteiger partial charge in [-0.05, 0) is 0 Å². The minimum atomic E-state index is -3.65. The maximum Gasteiger partial charge on any atom is 0.271 e. The molecule has 0 aromatic heterocycles. The van der Waals surface area contributed by atoms with Crippen molar-refractivity contribution in [1.29, 1.82) is 0 Å². The first-order valence-electron chi connectivity index (χ1n) is 4.74. The third kappa shape index (κ3) is 8.95. The third-order valence-electron chi connectivity index (χ3n) is 1.39. The highest BCUT2D eigenvalue weighted by Gasteiger charge is 2.07. The minimum absolute atomic E-state index is 0.307. The van der Waals surface area contributed by atoms with Gasteiger partial charge in [-0.2, -0.15) is 16.8 Å². The van der Waals surface area contributed by atoms with Crippen molar-refractivity contribution in [2.45, 2.75) is 0 Å². The first-order chi connectivity index (χ1) is 8.33. The molecule has 0 aliphatic carbocycles. The van der Waals surface area contributed by atoms with E-state index in [1.807, 2.05) is 0 Å². The fourth-order valence-electron chi connectivity index (χ4n) is 0.725. The van der Waals surface area contributed by atoms with Crippen LogP contribution in [0.4, 0.5) is 0 Å². The van der Waals surface area contributed by atoms with Gasteiger partial charge in [-0.1, -0.05) is 24.0 Å². The molecule has 0 unspecified atom stereocenters. The maximum absolute atomic E-state index is 11.0. The molecule has 0 radical (unpaired) electrons. The topological polar surface area (TPSA) is 86.7 Å². The van der Waals surface area contributed by atoms with Gasteiger partial charge in [0.2, 0.25) is 0 Å². The summed E-state index contributed by atoms with van der Waals surface area (Å²) in [5.41, 5.74) is 0. The summed E-state index contributed by atoms with van der Waals surface area (Å²) in [6.07, 6.45) is 2.38. The summed E-state index contributed by atoms with van der Waals surface area (Å²) < 4.78 is 52.9. The van der Waals surface area contributed by atoms with Gasteiger partial charge in [0, 0.05) is 0 Å². The maximum atomic E-state index is 11.0. The zero-order chi connectivity index (χ0) is 14.1. The van der Waals surface area contributed by atoms with Gasteiger partial charge in [0.05, 0.1) is 11.5 Å². The zero-order valence-electron chi connectivity index (χ0n) is 9.66. The molecular formula is C10H14O6S2. The van der Waals surface area contributed by atoms with Crippen LogP contribution in [0, 0.1) is 11.8 Å². The molecule has 0 rings (SSSR count). The molecule has 0 saturated heterocycles. The number of hydrogen-bond acceptors (Lipinski definition) is 6. The molecular weight excluding hydrogens is 280 g/mol. The SMILES string of the molecule is C=CCS(=O)(=O)OCC#CCOS(=O)(=O)CC=C. The van der Waals surface area contributed by atoms with E-state index in [0.717, 1.165) is 0 Å². The van der Waals surface area contributed by atoms with E-state index in [0.29, 0.717) is 0 Å². The van der Waals surface area contributed by atoms with Crippen LogP contribution in [0.25, 0.3) is 0 Å². The van der Waals surface area contributed by atoms with Crippen LogP contribution in [-0.2, 0) is 28.6 Å². The van der Waals surface area contributed by atoms with E-state index in [1.54, 1.807) is 0 Å². The van der Waals surface area contributed by atoms with Gasteiger partial charge in [0.25, 0.3) is 20.2 Å². The molecule has 0 aromatic carbocycles.